The molecule has 0 saturated carbocycles. The van der Waals surface area contributed by atoms with Crippen LogP contribution >= 0.6 is 0 Å². The smallest absolute Gasteiger partial charge is 0.184 e. The SMILES string of the molecule is C=Cc1ccc(CO[Si](C)(C)C)cc1. The van der Waals surface area contributed by atoms with E-state index in [1.807, 2.05) is 6.08 Å². The van der Waals surface area contributed by atoms with E-state index < -0.39 is 8.32 Å². The van der Waals surface area contributed by atoms with E-state index in [0.717, 1.165) is 12.2 Å². The first kappa shape index (κ1) is 11.2. The molecule has 0 spiro atoms. The molecule has 76 valence electrons. The molecule has 0 heterocycles. The Bertz CT molecular complexity index is 295. The molecule has 0 N–H and O–H groups in total. The summed E-state index contributed by atoms with van der Waals surface area (Å²) in [5, 5.41) is 0. The Kier molecular flexibility index (Phi) is 3.67. The highest BCUT2D eigenvalue weighted by Gasteiger charge is 2.13. The molecule has 0 bridgehead atoms. The van der Waals surface area contributed by atoms with Crippen LogP contribution in [-0.4, -0.2) is 8.32 Å². The lowest BCUT2D eigenvalue weighted by Crippen LogP contribution is -2.24. The van der Waals surface area contributed by atoms with E-state index in [-0.39, 0.29) is 0 Å². The molecule has 1 aromatic rings. The summed E-state index contributed by atoms with van der Waals surface area (Å²) < 4.78 is 5.80. The van der Waals surface area contributed by atoms with Gasteiger partial charge in [-0.05, 0) is 30.8 Å². The Labute approximate surface area is 87.5 Å². The van der Waals surface area contributed by atoms with Crippen LogP contribution in [0.15, 0.2) is 30.8 Å². The minimum atomic E-state index is -1.38. The van der Waals surface area contributed by atoms with E-state index >= 15 is 0 Å². The third-order valence-electron chi connectivity index (χ3n) is 1.89. The van der Waals surface area contributed by atoms with Gasteiger partial charge in [-0.2, -0.15) is 0 Å². The van der Waals surface area contributed by atoms with Crippen molar-refractivity contribution >= 4 is 14.4 Å². The van der Waals surface area contributed by atoms with Crippen molar-refractivity contribution in [3.8, 4) is 0 Å². The first-order chi connectivity index (χ1) is 6.51. The van der Waals surface area contributed by atoms with E-state index in [1.54, 1.807) is 0 Å². The quantitative estimate of drug-likeness (QED) is 0.683. The summed E-state index contributed by atoms with van der Waals surface area (Å²) in [6, 6.07) is 8.32. The highest BCUT2D eigenvalue weighted by Crippen LogP contribution is 2.10. The van der Waals surface area contributed by atoms with Crippen molar-refractivity contribution in [1.29, 1.82) is 0 Å². The fourth-order valence-corrected chi connectivity index (χ4v) is 1.65. The van der Waals surface area contributed by atoms with Crippen molar-refractivity contribution in [2.45, 2.75) is 26.2 Å². The van der Waals surface area contributed by atoms with Gasteiger partial charge in [0, 0.05) is 0 Å². The zero-order valence-electron chi connectivity index (χ0n) is 9.21. The second-order valence-electron chi connectivity index (χ2n) is 4.35. The minimum Gasteiger partial charge on any atom is -0.413 e. The van der Waals surface area contributed by atoms with Gasteiger partial charge in [0.15, 0.2) is 8.32 Å². The average Bonchev–Trinajstić information content (AvgIpc) is 2.14. The van der Waals surface area contributed by atoms with Crippen LogP contribution in [0.5, 0.6) is 0 Å². The largest absolute Gasteiger partial charge is 0.413 e. The van der Waals surface area contributed by atoms with Gasteiger partial charge in [0.25, 0.3) is 0 Å². The molecule has 1 nitrogen and oxygen atoms in total. The van der Waals surface area contributed by atoms with Gasteiger partial charge in [-0.25, -0.2) is 0 Å². The molecule has 0 amide bonds. The molecule has 2 heteroatoms. The molecule has 0 atom stereocenters. The highest BCUT2D eigenvalue weighted by molar-refractivity contribution is 6.69. The molecular formula is C12H18OSi. The Morgan fingerprint density at radius 2 is 1.79 bits per heavy atom. The van der Waals surface area contributed by atoms with Gasteiger partial charge >= 0.3 is 0 Å². The third kappa shape index (κ3) is 3.90. The number of rotatable bonds is 4. The van der Waals surface area contributed by atoms with Crippen LogP contribution in [0.4, 0.5) is 0 Å². The molecule has 14 heavy (non-hydrogen) atoms. The van der Waals surface area contributed by atoms with E-state index in [9.17, 15) is 0 Å². The average molecular weight is 206 g/mol. The molecule has 0 aliphatic heterocycles. The van der Waals surface area contributed by atoms with Gasteiger partial charge in [0.1, 0.15) is 0 Å². The maximum atomic E-state index is 5.80. The molecule has 1 aromatic carbocycles. The molecular weight excluding hydrogens is 188 g/mol. The lowest BCUT2D eigenvalue weighted by atomic mass is 10.1. The third-order valence-corrected chi connectivity index (χ3v) is 2.90. The predicted octanol–water partition coefficient (Wildman–Crippen LogP) is 3.68. The van der Waals surface area contributed by atoms with Crippen LogP contribution in [0, 0.1) is 0 Å². The van der Waals surface area contributed by atoms with Gasteiger partial charge in [-0.1, -0.05) is 36.9 Å². The lowest BCUT2D eigenvalue weighted by Gasteiger charge is -2.17. The van der Waals surface area contributed by atoms with Gasteiger partial charge in [0.2, 0.25) is 0 Å². The number of benzene rings is 1. The monoisotopic (exact) mass is 206 g/mol. The number of hydrogen-bond acceptors (Lipinski definition) is 1. The van der Waals surface area contributed by atoms with Crippen molar-refractivity contribution in [1.82, 2.24) is 0 Å². The Balaban J connectivity index is 2.56. The van der Waals surface area contributed by atoms with Gasteiger partial charge in [-0.15, -0.1) is 0 Å². The molecule has 1 rings (SSSR count). The van der Waals surface area contributed by atoms with E-state index in [4.69, 9.17) is 4.43 Å². The summed E-state index contributed by atoms with van der Waals surface area (Å²) >= 11 is 0. The molecule has 0 aromatic heterocycles. The zero-order valence-corrected chi connectivity index (χ0v) is 10.2. The van der Waals surface area contributed by atoms with Crippen LogP contribution in [0.25, 0.3) is 6.08 Å². The van der Waals surface area contributed by atoms with Gasteiger partial charge in [-0.3, -0.25) is 0 Å². The second-order valence-corrected chi connectivity index (χ2v) is 8.86. The van der Waals surface area contributed by atoms with Crippen molar-refractivity contribution in [2.75, 3.05) is 0 Å². The van der Waals surface area contributed by atoms with E-state index in [2.05, 4.69) is 50.5 Å². The maximum absolute atomic E-state index is 5.80. The normalized spacial score (nSPS) is 11.4. The zero-order chi connectivity index (χ0) is 10.6. The first-order valence-electron chi connectivity index (χ1n) is 4.86. The van der Waals surface area contributed by atoms with Crippen LogP contribution in [0.3, 0.4) is 0 Å². The van der Waals surface area contributed by atoms with Crippen molar-refractivity contribution in [2.24, 2.45) is 0 Å². The first-order valence-corrected chi connectivity index (χ1v) is 8.27. The van der Waals surface area contributed by atoms with E-state index in [1.165, 1.54) is 5.56 Å². The summed E-state index contributed by atoms with van der Waals surface area (Å²) in [5.41, 5.74) is 2.39. The molecule has 0 saturated heterocycles. The standard InChI is InChI=1S/C12H18OSi/c1-5-11-6-8-12(9-7-11)10-13-14(2,3)4/h5-9H,1,10H2,2-4H3. The molecule has 0 fully saturated rings. The summed E-state index contributed by atoms with van der Waals surface area (Å²) in [7, 11) is -1.38. The summed E-state index contributed by atoms with van der Waals surface area (Å²) in [6.45, 7) is 11.0. The Morgan fingerprint density at radius 3 is 2.21 bits per heavy atom. The van der Waals surface area contributed by atoms with Gasteiger partial charge in [0.05, 0.1) is 6.61 Å². The lowest BCUT2D eigenvalue weighted by molar-refractivity contribution is 0.299. The summed E-state index contributed by atoms with van der Waals surface area (Å²) in [5.74, 6) is 0. The topological polar surface area (TPSA) is 9.23 Å². The van der Waals surface area contributed by atoms with Crippen LogP contribution in [0.1, 0.15) is 11.1 Å². The van der Waals surface area contributed by atoms with Crippen LogP contribution in [0.2, 0.25) is 19.6 Å². The summed E-state index contributed by atoms with van der Waals surface area (Å²) in [6.07, 6.45) is 1.85. The second kappa shape index (κ2) is 4.58. The van der Waals surface area contributed by atoms with Crippen molar-refractivity contribution < 1.29 is 4.43 Å². The fourth-order valence-electron chi connectivity index (χ4n) is 1.05. The summed E-state index contributed by atoms with van der Waals surface area (Å²) in [4.78, 5) is 0. The molecule has 0 aliphatic carbocycles. The molecule has 0 radical (unpaired) electrons. The maximum Gasteiger partial charge on any atom is 0.184 e. The minimum absolute atomic E-state index is 0.729. The van der Waals surface area contributed by atoms with Crippen LogP contribution in [-0.2, 0) is 11.0 Å². The van der Waals surface area contributed by atoms with E-state index in [0.29, 0.717) is 0 Å². The predicted molar refractivity (Wildman–Crippen MR) is 64.7 cm³/mol. The van der Waals surface area contributed by atoms with Gasteiger partial charge < -0.3 is 4.43 Å². The highest BCUT2D eigenvalue weighted by atomic mass is 28.4. The molecule has 0 aliphatic rings. The molecule has 0 unspecified atom stereocenters. The number of hydrogen-bond donors (Lipinski definition) is 0. The van der Waals surface area contributed by atoms with Crippen molar-refractivity contribution in [3.63, 3.8) is 0 Å². The fraction of sp³-hybridized carbons (Fsp3) is 0.333. The van der Waals surface area contributed by atoms with Crippen LogP contribution < -0.4 is 0 Å². The Morgan fingerprint density at radius 1 is 1.21 bits per heavy atom. The van der Waals surface area contributed by atoms with Crippen molar-refractivity contribution in [3.05, 3.63) is 42.0 Å². The Hall–Kier alpha value is -0.863.